The highest BCUT2D eigenvalue weighted by molar-refractivity contribution is 5.73. The molecule has 29 heavy (non-hydrogen) atoms. The molecule has 0 aliphatic carbocycles. The summed E-state index contributed by atoms with van der Waals surface area (Å²) in [5.74, 6) is -0.159. The fourth-order valence-corrected chi connectivity index (χ4v) is 4.02. The summed E-state index contributed by atoms with van der Waals surface area (Å²) < 4.78 is 5.65. The molecule has 0 spiro atoms. The SMILES string of the molecule is COC(CCCCCCCCCCCCCCCCCC(N)=O)c1ccccc1. The Labute approximate surface area is 179 Å². The van der Waals surface area contributed by atoms with Crippen molar-refractivity contribution in [3.63, 3.8) is 0 Å². The zero-order valence-electron chi connectivity index (χ0n) is 18.9. The largest absolute Gasteiger partial charge is 0.377 e. The van der Waals surface area contributed by atoms with E-state index >= 15 is 0 Å². The van der Waals surface area contributed by atoms with Gasteiger partial charge in [0.25, 0.3) is 0 Å². The number of nitrogens with two attached hydrogens (primary N) is 1. The number of benzene rings is 1. The van der Waals surface area contributed by atoms with Crippen molar-refractivity contribution in [1.82, 2.24) is 0 Å². The van der Waals surface area contributed by atoms with E-state index in [-0.39, 0.29) is 12.0 Å². The molecule has 1 amide bonds. The normalized spacial score (nSPS) is 12.2. The molecule has 0 saturated heterocycles. The number of carbonyl (C=O) groups excluding carboxylic acids is 1. The number of methoxy groups -OCH3 is 1. The van der Waals surface area contributed by atoms with Crippen LogP contribution in [0.5, 0.6) is 0 Å². The third-order valence-electron chi connectivity index (χ3n) is 5.85. The quantitative estimate of drug-likeness (QED) is 0.229. The summed E-state index contributed by atoms with van der Waals surface area (Å²) in [6, 6.07) is 10.6. The van der Waals surface area contributed by atoms with E-state index in [4.69, 9.17) is 10.5 Å². The summed E-state index contributed by atoms with van der Waals surface area (Å²) in [5, 5.41) is 0. The third kappa shape index (κ3) is 15.2. The number of ether oxygens (including phenoxy) is 1. The molecule has 3 nitrogen and oxygen atoms in total. The van der Waals surface area contributed by atoms with Gasteiger partial charge < -0.3 is 10.5 Å². The molecule has 0 bridgehead atoms. The molecule has 1 rings (SSSR count). The van der Waals surface area contributed by atoms with Crippen molar-refractivity contribution in [1.29, 1.82) is 0 Å². The van der Waals surface area contributed by atoms with Gasteiger partial charge in [-0.15, -0.1) is 0 Å². The van der Waals surface area contributed by atoms with Gasteiger partial charge in [0, 0.05) is 13.5 Å². The summed E-state index contributed by atoms with van der Waals surface area (Å²) >= 11 is 0. The third-order valence-corrected chi connectivity index (χ3v) is 5.85. The smallest absolute Gasteiger partial charge is 0.217 e. The van der Waals surface area contributed by atoms with Crippen LogP contribution in [0, 0.1) is 0 Å². The number of hydrogen-bond acceptors (Lipinski definition) is 2. The average molecular weight is 404 g/mol. The second-order valence-electron chi connectivity index (χ2n) is 8.44. The Kier molecular flexibility index (Phi) is 16.5. The molecule has 1 aromatic carbocycles. The molecule has 1 atom stereocenters. The molecular weight excluding hydrogens is 358 g/mol. The Morgan fingerprint density at radius 1 is 0.724 bits per heavy atom. The minimum Gasteiger partial charge on any atom is -0.377 e. The van der Waals surface area contributed by atoms with Crippen LogP contribution in [0.4, 0.5) is 0 Å². The van der Waals surface area contributed by atoms with E-state index < -0.39 is 0 Å². The highest BCUT2D eigenvalue weighted by atomic mass is 16.5. The summed E-state index contributed by atoms with van der Waals surface area (Å²) in [4.78, 5) is 10.6. The van der Waals surface area contributed by atoms with Crippen LogP contribution in [0.1, 0.15) is 121 Å². The Balaban J connectivity index is 1.79. The molecule has 1 aromatic rings. The lowest BCUT2D eigenvalue weighted by atomic mass is 10.0. The first-order valence-corrected chi connectivity index (χ1v) is 12.1. The van der Waals surface area contributed by atoms with Crippen LogP contribution in [-0.2, 0) is 9.53 Å². The monoisotopic (exact) mass is 403 g/mol. The van der Waals surface area contributed by atoms with Crippen LogP contribution in [0.25, 0.3) is 0 Å². The maximum atomic E-state index is 10.6. The highest BCUT2D eigenvalue weighted by Crippen LogP contribution is 2.23. The van der Waals surface area contributed by atoms with E-state index in [0.29, 0.717) is 6.42 Å². The van der Waals surface area contributed by atoms with Gasteiger partial charge in [-0.2, -0.15) is 0 Å². The van der Waals surface area contributed by atoms with Gasteiger partial charge in [0.05, 0.1) is 6.10 Å². The first-order valence-electron chi connectivity index (χ1n) is 12.1. The molecule has 0 saturated carbocycles. The lowest BCUT2D eigenvalue weighted by Gasteiger charge is -2.15. The first kappa shape index (κ1) is 25.7. The number of rotatable bonds is 20. The van der Waals surface area contributed by atoms with Gasteiger partial charge in [-0.25, -0.2) is 0 Å². The second kappa shape index (κ2) is 18.7. The van der Waals surface area contributed by atoms with Gasteiger partial charge in [0.15, 0.2) is 0 Å². The molecule has 0 aromatic heterocycles. The Morgan fingerprint density at radius 3 is 1.55 bits per heavy atom. The maximum absolute atomic E-state index is 10.6. The van der Waals surface area contributed by atoms with Crippen LogP contribution in [0.2, 0.25) is 0 Å². The van der Waals surface area contributed by atoms with Crippen LogP contribution in [0.15, 0.2) is 30.3 Å². The summed E-state index contributed by atoms with van der Waals surface area (Å²) in [7, 11) is 1.82. The molecular formula is C26H45NO2. The topological polar surface area (TPSA) is 52.3 Å². The van der Waals surface area contributed by atoms with E-state index in [9.17, 15) is 4.79 Å². The molecule has 0 aliphatic heterocycles. The van der Waals surface area contributed by atoms with Crippen molar-refractivity contribution < 1.29 is 9.53 Å². The lowest BCUT2D eigenvalue weighted by Crippen LogP contribution is -2.09. The van der Waals surface area contributed by atoms with Crippen molar-refractivity contribution >= 4 is 5.91 Å². The molecule has 166 valence electrons. The molecule has 0 heterocycles. The predicted molar refractivity (Wildman–Crippen MR) is 124 cm³/mol. The average Bonchev–Trinajstić information content (AvgIpc) is 2.73. The van der Waals surface area contributed by atoms with Gasteiger partial charge in [0.2, 0.25) is 5.91 Å². The number of unbranched alkanes of at least 4 members (excludes halogenated alkanes) is 14. The van der Waals surface area contributed by atoms with Crippen molar-refractivity contribution in [3.8, 4) is 0 Å². The lowest BCUT2D eigenvalue weighted by molar-refractivity contribution is -0.118. The van der Waals surface area contributed by atoms with Crippen molar-refractivity contribution in [2.24, 2.45) is 5.73 Å². The standard InChI is InChI=1S/C26H45NO2/c1-29-25(24-20-16-15-17-21-24)22-18-13-11-9-7-5-3-2-4-6-8-10-12-14-19-23-26(27)28/h15-17,20-21,25H,2-14,18-19,22-23H2,1H3,(H2,27,28). The fourth-order valence-electron chi connectivity index (χ4n) is 4.02. The zero-order chi connectivity index (χ0) is 21.0. The molecule has 0 fully saturated rings. The van der Waals surface area contributed by atoms with E-state index in [2.05, 4.69) is 30.3 Å². The van der Waals surface area contributed by atoms with Crippen molar-refractivity contribution in [2.45, 2.75) is 115 Å². The van der Waals surface area contributed by atoms with Gasteiger partial charge in [-0.1, -0.05) is 120 Å². The van der Waals surface area contributed by atoms with Crippen molar-refractivity contribution in [3.05, 3.63) is 35.9 Å². The maximum Gasteiger partial charge on any atom is 0.217 e. The van der Waals surface area contributed by atoms with Crippen LogP contribution in [0.3, 0.4) is 0 Å². The summed E-state index contributed by atoms with van der Waals surface area (Å²) in [5.41, 5.74) is 6.45. The van der Waals surface area contributed by atoms with Gasteiger partial charge >= 0.3 is 0 Å². The van der Waals surface area contributed by atoms with E-state index in [1.54, 1.807) is 0 Å². The number of primary amides is 1. The molecule has 0 radical (unpaired) electrons. The number of amides is 1. The van der Waals surface area contributed by atoms with Crippen LogP contribution in [-0.4, -0.2) is 13.0 Å². The van der Waals surface area contributed by atoms with E-state index in [1.807, 2.05) is 7.11 Å². The van der Waals surface area contributed by atoms with E-state index in [1.165, 1.54) is 89.0 Å². The Bertz CT molecular complexity index is 489. The Morgan fingerprint density at radius 2 is 1.14 bits per heavy atom. The second-order valence-corrected chi connectivity index (χ2v) is 8.44. The molecule has 0 aliphatic rings. The summed E-state index contributed by atoms with van der Waals surface area (Å²) in [6.45, 7) is 0. The fraction of sp³-hybridized carbons (Fsp3) is 0.731. The van der Waals surface area contributed by atoms with E-state index in [0.717, 1.165) is 19.3 Å². The molecule has 2 N–H and O–H groups in total. The highest BCUT2D eigenvalue weighted by Gasteiger charge is 2.08. The van der Waals surface area contributed by atoms with Crippen LogP contribution < -0.4 is 5.73 Å². The Hall–Kier alpha value is -1.35. The molecule has 3 heteroatoms. The summed E-state index contributed by atoms with van der Waals surface area (Å²) in [6.07, 6.45) is 21.7. The minimum atomic E-state index is -0.159. The predicted octanol–water partition coefficient (Wildman–Crippen LogP) is 7.49. The molecule has 1 unspecified atom stereocenters. The zero-order valence-corrected chi connectivity index (χ0v) is 18.9. The number of hydrogen-bond donors (Lipinski definition) is 1. The minimum absolute atomic E-state index is 0.159. The van der Waals surface area contributed by atoms with Crippen molar-refractivity contribution in [2.75, 3.05) is 7.11 Å². The van der Waals surface area contributed by atoms with Gasteiger partial charge in [-0.05, 0) is 18.4 Å². The van der Waals surface area contributed by atoms with Crippen LogP contribution >= 0.6 is 0 Å². The van der Waals surface area contributed by atoms with Gasteiger partial charge in [-0.3, -0.25) is 4.79 Å². The number of carbonyl (C=O) groups is 1. The first-order chi connectivity index (χ1) is 14.2. The van der Waals surface area contributed by atoms with Gasteiger partial charge in [0.1, 0.15) is 0 Å².